The van der Waals surface area contributed by atoms with Gasteiger partial charge in [-0.15, -0.1) is 0 Å². The van der Waals surface area contributed by atoms with Crippen LogP contribution in [0.2, 0.25) is 0 Å². The first-order valence-corrected chi connectivity index (χ1v) is 5.20. The molecule has 1 aromatic carbocycles. The summed E-state index contributed by atoms with van der Waals surface area (Å²) in [7, 11) is 0. The highest BCUT2D eigenvalue weighted by atomic mass is 19.1. The number of hydrogen-bond acceptors (Lipinski definition) is 4. The number of nitrogens with one attached hydrogen (secondary N) is 1. The molecule has 0 bridgehead atoms. The summed E-state index contributed by atoms with van der Waals surface area (Å²) in [5.74, 6) is -1.50. The summed E-state index contributed by atoms with van der Waals surface area (Å²) in [6.07, 6.45) is 1.52. The van der Waals surface area contributed by atoms with E-state index in [2.05, 4.69) is 15.5 Å². The zero-order valence-electron chi connectivity index (χ0n) is 9.30. The number of phenolic OH excluding ortho intramolecular Hbond substituents is 1. The number of rotatable bonds is 3. The van der Waals surface area contributed by atoms with E-state index >= 15 is 0 Å². The average Bonchev–Trinajstić information content (AvgIpc) is 2.37. The number of aromatic nitrogens is 2. The van der Waals surface area contributed by atoms with E-state index in [4.69, 9.17) is 0 Å². The Kier molecular flexibility index (Phi) is 3.47. The molecule has 1 amide bonds. The van der Waals surface area contributed by atoms with Crippen molar-refractivity contribution in [3.05, 3.63) is 53.6 Å². The summed E-state index contributed by atoms with van der Waals surface area (Å²) in [5.41, 5.74) is 0.604. The van der Waals surface area contributed by atoms with Crippen LogP contribution in [0.1, 0.15) is 16.1 Å². The molecule has 0 spiro atoms. The Hall–Kier alpha value is -2.50. The number of amides is 1. The fourth-order valence-electron chi connectivity index (χ4n) is 1.39. The number of carbonyl (C=O) groups excluding carboxylic acids is 1. The number of benzene rings is 1. The maximum atomic E-state index is 12.8. The van der Waals surface area contributed by atoms with Gasteiger partial charge in [0.1, 0.15) is 11.6 Å². The minimum atomic E-state index is -0.599. The van der Waals surface area contributed by atoms with Crippen molar-refractivity contribution < 1.29 is 14.3 Å². The Morgan fingerprint density at radius 3 is 2.89 bits per heavy atom. The lowest BCUT2D eigenvalue weighted by Gasteiger charge is -2.06. The van der Waals surface area contributed by atoms with E-state index in [0.717, 1.165) is 12.1 Å². The lowest BCUT2D eigenvalue weighted by atomic mass is 10.2. The minimum absolute atomic E-state index is 0.0142. The minimum Gasteiger partial charge on any atom is -0.507 e. The van der Waals surface area contributed by atoms with Gasteiger partial charge in [0.05, 0.1) is 17.8 Å². The Labute approximate surface area is 102 Å². The number of phenols is 1. The summed E-state index contributed by atoms with van der Waals surface area (Å²) in [5, 5.41) is 19.4. The molecule has 6 heteroatoms. The van der Waals surface area contributed by atoms with Gasteiger partial charge in [0.15, 0.2) is 0 Å². The van der Waals surface area contributed by atoms with Crippen LogP contribution in [0.5, 0.6) is 5.75 Å². The van der Waals surface area contributed by atoms with Crippen LogP contribution < -0.4 is 5.32 Å². The third kappa shape index (κ3) is 2.79. The van der Waals surface area contributed by atoms with E-state index in [-0.39, 0.29) is 12.1 Å². The summed E-state index contributed by atoms with van der Waals surface area (Å²) < 4.78 is 12.8. The van der Waals surface area contributed by atoms with Gasteiger partial charge in [-0.05, 0) is 24.3 Å². The molecule has 1 aromatic heterocycles. The zero-order valence-corrected chi connectivity index (χ0v) is 9.30. The molecule has 92 valence electrons. The van der Waals surface area contributed by atoms with Gasteiger partial charge in [-0.25, -0.2) is 4.39 Å². The lowest BCUT2D eigenvalue weighted by molar-refractivity contribution is 0.0947. The van der Waals surface area contributed by atoms with E-state index in [1.54, 1.807) is 12.1 Å². The highest BCUT2D eigenvalue weighted by molar-refractivity contribution is 5.96. The Morgan fingerprint density at radius 2 is 2.22 bits per heavy atom. The molecule has 0 aliphatic carbocycles. The second-order valence-corrected chi connectivity index (χ2v) is 3.56. The van der Waals surface area contributed by atoms with Crippen molar-refractivity contribution in [2.45, 2.75) is 6.54 Å². The van der Waals surface area contributed by atoms with Crippen LogP contribution in [-0.2, 0) is 6.54 Å². The second kappa shape index (κ2) is 5.22. The van der Waals surface area contributed by atoms with E-state index in [0.29, 0.717) is 5.69 Å². The molecule has 2 N–H and O–H groups in total. The van der Waals surface area contributed by atoms with E-state index in [1.165, 1.54) is 12.3 Å². The van der Waals surface area contributed by atoms with Crippen LogP contribution in [0.4, 0.5) is 4.39 Å². The molecular weight excluding hydrogens is 237 g/mol. The Morgan fingerprint density at radius 1 is 1.39 bits per heavy atom. The van der Waals surface area contributed by atoms with E-state index in [1.807, 2.05) is 0 Å². The van der Waals surface area contributed by atoms with Crippen LogP contribution >= 0.6 is 0 Å². The van der Waals surface area contributed by atoms with Gasteiger partial charge in [-0.1, -0.05) is 0 Å². The molecule has 5 nitrogen and oxygen atoms in total. The molecule has 0 aliphatic rings. The Balaban J connectivity index is 2.04. The quantitative estimate of drug-likeness (QED) is 0.856. The van der Waals surface area contributed by atoms with Crippen molar-refractivity contribution >= 4 is 5.91 Å². The van der Waals surface area contributed by atoms with E-state index < -0.39 is 17.5 Å². The number of aromatic hydroxyl groups is 1. The Bertz CT molecular complexity index is 561. The summed E-state index contributed by atoms with van der Waals surface area (Å²) in [6, 6.07) is 6.62. The van der Waals surface area contributed by atoms with Crippen molar-refractivity contribution in [2.24, 2.45) is 0 Å². The van der Waals surface area contributed by atoms with Gasteiger partial charge in [-0.2, -0.15) is 10.2 Å². The zero-order chi connectivity index (χ0) is 13.0. The normalized spacial score (nSPS) is 10.1. The van der Waals surface area contributed by atoms with Crippen molar-refractivity contribution in [3.8, 4) is 5.75 Å². The molecule has 0 aliphatic heterocycles. The first-order chi connectivity index (χ1) is 8.66. The number of carbonyl (C=O) groups is 1. The fourth-order valence-corrected chi connectivity index (χ4v) is 1.39. The summed E-state index contributed by atoms with van der Waals surface area (Å²) >= 11 is 0. The SMILES string of the molecule is O=C(NCc1cccnn1)c1ccc(F)cc1O. The standard InChI is InChI=1S/C12H10FN3O2/c13-8-3-4-10(11(17)6-8)12(18)14-7-9-2-1-5-15-16-9/h1-6,17H,7H2,(H,14,18). The smallest absolute Gasteiger partial charge is 0.255 e. The van der Waals surface area contributed by atoms with Crippen LogP contribution in [0, 0.1) is 5.82 Å². The first-order valence-electron chi connectivity index (χ1n) is 5.20. The molecule has 0 radical (unpaired) electrons. The maximum Gasteiger partial charge on any atom is 0.255 e. The van der Waals surface area contributed by atoms with Gasteiger partial charge in [0, 0.05) is 12.3 Å². The maximum absolute atomic E-state index is 12.8. The van der Waals surface area contributed by atoms with Crippen molar-refractivity contribution in [3.63, 3.8) is 0 Å². The molecule has 18 heavy (non-hydrogen) atoms. The lowest BCUT2D eigenvalue weighted by Crippen LogP contribution is -2.23. The van der Waals surface area contributed by atoms with Gasteiger partial charge in [0.2, 0.25) is 0 Å². The molecule has 0 atom stereocenters. The molecule has 0 saturated heterocycles. The monoisotopic (exact) mass is 247 g/mol. The first kappa shape index (κ1) is 12.0. The third-order valence-corrected chi connectivity index (χ3v) is 2.26. The molecule has 0 fully saturated rings. The highest BCUT2D eigenvalue weighted by Gasteiger charge is 2.11. The molecular formula is C12H10FN3O2. The van der Waals surface area contributed by atoms with Crippen LogP contribution in [-0.4, -0.2) is 21.2 Å². The summed E-state index contributed by atoms with van der Waals surface area (Å²) in [6.45, 7) is 0.184. The summed E-state index contributed by atoms with van der Waals surface area (Å²) in [4.78, 5) is 11.7. The molecule has 2 rings (SSSR count). The van der Waals surface area contributed by atoms with Crippen LogP contribution in [0.25, 0.3) is 0 Å². The number of hydrogen-bond donors (Lipinski definition) is 2. The largest absolute Gasteiger partial charge is 0.507 e. The molecule has 1 heterocycles. The van der Waals surface area contributed by atoms with Gasteiger partial charge >= 0.3 is 0 Å². The van der Waals surface area contributed by atoms with Crippen molar-refractivity contribution in [1.82, 2.24) is 15.5 Å². The second-order valence-electron chi connectivity index (χ2n) is 3.56. The highest BCUT2D eigenvalue weighted by Crippen LogP contribution is 2.17. The molecule has 2 aromatic rings. The van der Waals surface area contributed by atoms with Crippen molar-refractivity contribution in [1.29, 1.82) is 0 Å². The van der Waals surface area contributed by atoms with Gasteiger partial charge in [0.25, 0.3) is 5.91 Å². The topological polar surface area (TPSA) is 75.1 Å². The van der Waals surface area contributed by atoms with Crippen LogP contribution in [0.15, 0.2) is 36.5 Å². The predicted octanol–water partition coefficient (Wildman–Crippen LogP) is 1.25. The molecule has 0 saturated carbocycles. The molecule has 0 unspecified atom stereocenters. The van der Waals surface area contributed by atoms with Gasteiger partial charge < -0.3 is 10.4 Å². The third-order valence-electron chi connectivity index (χ3n) is 2.26. The average molecular weight is 247 g/mol. The predicted molar refractivity (Wildman–Crippen MR) is 61.3 cm³/mol. The van der Waals surface area contributed by atoms with Crippen molar-refractivity contribution in [2.75, 3.05) is 0 Å². The number of nitrogens with zero attached hydrogens (tertiary/aromatic N) is 2. The van der Waals surface area contributed by atoms with Crippen LogP contribution in [0.3, 0.4) is 0 Å². The fraction of sp³-hybridized carbons (Fsp3) is 0.0833. The number of halogens is 1. The van der Waals surface area contributed by atoms with E-state index in [9.17, 15) is 14.3 Å². The van der Waals surface area contributed by atoms with Gasteiger partial charge in [-0.3, -0.25) is 4.79 Å².